The van der Waals surface area contributed by atoms with Gasteiger partial charge in [0, 0.05) is 0 Å². The van der Waals surface area contributed by atoms with Crippen molar-refractivity contribution >= 4 is 7.82 Å². The molecular formula is C27H55O4P. The van der Waals surface area contributed by atoms with E-state index in [9.17, 15) is 4.57 Å². The van der Waals surface area contributed by atoms with Gasteiger partial charge in [0.2, 0.25) is 0 Å². The van der Waals surface area contributed by atoms with Crippen LogP contribution in [0.1, 0.15) is 155 Å². The monoisotopic (exact) mass is 474 g/mol. The summed E-state index contributed by atoms with van der Waals surface area (Å²) in [4.78, 5) is 17.2. The van der Waals surface area contributed by atoms with Crippen LogP contribution in [0.4, 0.5) is 0 Å². The number of unbranched alkanes of at least 4 members (excludes halogenated alkanes) is 21. The summed E-state index contributed by atoms with van der Waals surface area (Å²) in [5, 5.41) is 0. The van der Waals surface area contributed by atoms with Gasteiger partial charge >= 0.3 is 7.82 Å². The summed E-state index contributed by atoms with van der Waals surface area (Å²) in [6.45, 7) is 2.45. The third kappa shape index (κ3) is 29.9. The predicted octanol–water partition coefficient (Wildman–Crippen LogP) is 9.64. The Morgan fingerprint density at radius 1 is 0.531 bits per heavy atom. The van der Waals surface area contributed by atoms with E-state index in [1.54, 1.807) is 0 Å². The van der Waals surface area contributed by atoms with E-state index in [4.69, 9.17) is 9.79 Å². The lowest BCUT2D eigenvalue weighted by atomic mass is 10.0. The number of phosphoric acid groups is 1. The minimum Gasteiger partial charge on any atom is -0.303 e. The molecule has 0 saturated heterocycles. The van der Waals surface area contributed by atoms with E-state index >= 15 is 0 Å². The van der Waals surface area contributed by atoms with E-state index in [0.29, 0.717) is 0 Å². The fraction of sp³-hybridized carbons (Fsp3) is 0.926. The minimum atomic E-state index is -4.27. The summed E-state index contributed by atoms with van der Waals surface area (Å²) in [7, 11) is -4.27. The van der Waals surface area contributed by atoms with Crippen molar-refractivity contribution in [1.29, 1.82) is 0 Å². The lowest BCUT2D eigenvalue weighted by molar-refractivity contribution is 0.193. The van der Waals surface area contributed by atoms with E-state index in [-0.39, 0.29) is 6.61 Å². The van der Waals surface area contributed by atoms with Crippen molar-refractivity contribution in [2.24, 2.45) is 0 Å². The average molecular weight is 475 g/mol. The van der Waals surface area contributed by atoms with Crippen LogP contribution >= 0.6 is 7.82 Å². The van der Waals surface area contributed by atoms with Gasteiger partial charge in [-0.1, -0.05) is 135 Å². The zero-order valence-electron chi connectivity index (χ0n) is 21.3. The lowest BCUT2D eigenvalue weighted by Crippen LogP contribution is -1.92. The first kappa shape index (κ1) is 31.9. The quantitative estimate of drug-likeness (QED) is 0.0743. The molecule has 32 heavy (non-hydrogen) atoms. The maximum absolute atomic E-state index is 10.5. The van der Waals surface area contributed by atoms with Gasteiger partial charge in [0.05, 0.1) is 6.61 Å². The van der Waals surface area contributed by atoms with Gasteiger partial charge in [-0.3, -0.25) is 4.52 Å². The van der Waals surface area contributed by atoms with Crippen LogP contribution in [-0.2, 0) is 9.09 Å². The van der Waals surface area contributed by atoms with Gasteiger partial charge in [-0.15, -0.1) is 0 Å². The molecule has 0 heterocycles. The van der Waals surface area contributed by atoms with E-state index < -0.39 is 7.82 Å². The Morgan fingerprint density at radius 2 is 0.844 bits per heavy atom. The Kier molecular flexibility index (Phi) is 25.4. The average Bonchev–Trinajstić information content (AvgIpc) is 2.75. The smallest absolute Gasteiger partial charge is 0.303 e. The maximum atomic E-state index is 10.5. The van der Waals surface area contributed by atoms with Gasteiger partial charge in [0.25, 0.3) is 0 Å². The second kappa shape index (κ2) is 25.5. The minimum absolute atomic E-state index is 0.167. The summed E-state index contributed by atoms with van der Waals surface area (Å²) >= 11 is 0. The molecule has 0 saturated carbocycles. The van der Waals surface area contributed by atoms with Crippen LogP contribution in [0, 0.1) is 0 Å². The zero-order chi connectivity index (χ0) is 23.6. The molecule has 0 aliphatic rings. The van der Waals surface area contributed by atoms with Crippen LogP contribution in [0.3, 0.4) is 0 Å². The maximum Gasteiger partial charge on any atom is 0.469 e. The Hall–Kier alpha value is -0.150. The molecule has 0 aromatic rings. The second-order valence-corrected chi connectivity index (χ2v) is 10.7. The molecule has 0 bridgehead atoms. The van der Waals surface area contributed by atoms with E-state index in [2.05, 4.69) is 23.6 Å². The summed E-state index contributed by atoms with van der Waals surface area (Å²) in [6.07, 6.45) is 35.0. The highest BCUT2D eigenvalue weighted by Gasteiger charge is 2.12. The van der Waals surface area contributed by atoms with Crippen molar-refractivity contribution in [3.8, 4) is 0 Å². The SMILES string of the molecule is CCCCCCCC/C=C\CCCCCCCCCCCCCCCCCOP(=O)(O)O. The standard InChI is InChI=1S/C27H55O4P/c1-2-3-4-5-6-7-8-9-10-11-12-13-14-15-16-17-18-19-20-21-22-23-24-25-26-27-31-32(28,29)30/h9-10H,2-8,11-27H2,1H3,(H2,28,29,30)/b10-9-. The topological polar surface area (TPSA) is 66.8 Å². The molecule has 0 aliphatic heterocycles. The highest BCUT2D eigenvalue weighted by molar-refractivity contribution is 7.46. The molecule has 0 spiro atoms. The first-order valence-electron chi connectivity index (χ1n) is 13.9. The Balaban J connectivity index is 3.09. The Bertz CT molecular complexity index is 433. The normalized spacial score (nSPS) is 12.2. The largest absolute Gasteiger partial charge is 0.469 e. The van der Waals surface area contributed by atoms with Crippen molar-refractivity contribution in [1.82, 2.24) is 0 Å². The van der Waals surface area contributed by atoms with Gasteiger partial charge in [0.1, 0.15) is 0 Å². The number of allylic oxidation sites excluding steroid dienone is 2. The predicted molar refractivity (Wildman–Crippen MR) is 139 cm³/mol. The van der Waals surface area contributed by atoms with E-state index in [1.165, 1.54) is 128 Å². The summed E-state index contributed by atoms with van der Waals surface area (Å²) < 4.78 is 15.0. The molecule has 0 rings (SSSR count). The molecule has 0 aliphatic carbocycles. The van der Waals surface area contributed by atoms with Crippen LogP contribution in [0.2, 0.25) is 0 Å². The van der Waals surface area contributed by atoms with Crippen molar-refractivity contribution in [2.75, 3.05) is 6.61 Å². The zero-order valence-corrected chi connectivity index (χ0v) is 22.2. The second-order valence-electron chi connectivity index (χ2n) is 9.44. The first-order chi connectivity index (χ1) is 15.6. The molecule has 0 fully saturated rings. The molecule has 0 aromatic carbocycles. The molecule has 0 amide bonds. The van der Waals surface area contributed by atoms with Crippen LogP contribution in [-0.4, -0.2) is 16.4 Å². The van der Waals surface area contributed by atoms with Gasteiger partial charge in [0.15, 0.2) is 0 Å². The Labute approximate surface area is 200 Å². The summed E-state index contributed by atoms with van der Waals surface area (Å²) in [5.74, 6) is 0. The van der Waals surface area contributed by atoms with Gasteiger partial charge < -0.3 is 9.79 Å². The molecule has 0 radical (unpaired) electrons. The van der Waals surface area contributed by atoms with Crippen LogP contribution < -0.4 is 0 Å². The van der Waals surface area contributed by atoms with E-state index in [1.807, 2.05) is 0 Å². The van der Waals surface area contributed by atoms with Gasteiger partial charge in [-0.05, 0) is 32.1 Å². The van der Waals surface area contributed by atoms with Crippen molar-refractivity contribution < 1.29 is 18.9 Å². The molecule has 0 unspecified atom stereocenters. The highest BCUT2D eigenvalue weighted by atomic mass is 31.2. The molecule has 0 atom stereocenters. The van der Waals surface area contributed by atoms with Crippen LogP contribution in [0.5, 0.6) is 0 Å². The molecular weight excluding hydrogens is 419 g/mol. The van der Waals surface area contributed by atoms with Crippen LogP contribution in [0.25, 0.3) is 0 Å². The number of hydrogen-bond donors (Lipinski definition) is 2. The van der Waals surface area contributed by atoms with Gasteiger partial charge in [-0.2, -0.15) is 0 Å². The van der Waals surface area contributed by atoms with E-state index in [0.717, 1.165) is 19.3 Å². The Morgan fingerprint density at radius 3 is 1.19 bits per heavy atom. The third-order valence-corrected chi connectivity index (χ3v) is 6.68. The summed E-state index contributed by atoms with van der Waals surface area (Å²) in [6, 6.07) is 0. The molecule has 4 nitrogen and oxygen atoms in total. The fourth-order valence-corrected chi connectivity index (χ4v) is 4.49. The first-order valence-corrected chi connectivity index (χ1v) is 15.4. The summed E-state index contributed by atoms with van der Waals surface area (Å²) in [5.41, 5.74) is 0. The lowest BCUT2D eigenvalue weighted by Gasteiger charge is -2.05. The number of hydrogen-bond acceptors (Lipinski definition) is 2. The van der Waals surface area contributed by atoms with Crippen LogP contribution in [0.15, 0.2) is 12.2 Å². The number of phosphoric ester groups is 1. The van der Waals surface area contributed by atoms with Crippen molar-refractivity contribution in [3.63, 3.8) is 0 Å². The highest BCUT2D eigenvalue weighted by Crippen LogP contribution is 2.35. The molecule has 0 aromatic heterocycles. The van der Waals surface area contributed by atoms with Crippen molar-refractivity contribution in [2.45, 2.75) is 155 Å². The van der Waals surface area contributed by atoms with Gasteiger partial charge in [-0.25, -0.2) is 4.57 Å². The van der Waals surface area contributed by atoms with Crippen molar-refractivity contribution in [3.05, 3.63) is 12.2 Å². The fourth-order valence-electron chi connectivity index (χ4n) is 4.12. The molecule has 5 heteroatoms. The third-order valence-electron chi connectivity index (χ3n) is 6.17. The number of rotatable bonds is 26. The molecule has 2 N–H and O–H groups in total. The molecule has 192 valence electrons.